The van der Waals surface area contributed by atoms with E-state index < -0.39 is 6.04 Å². The minimum atomic E-state index is -0.579. The van der Waals surface area contributed by atoms with E-state index in [2.05, 4.69) is 5.32 Å². The molecule has 1 amide bonds. The van der Waals surface area contributed by atoms with E-state index in [0.717, 1.165) is 0 Å². The van der Waals surface area contributed by atoms with Crippen LogP contribution in [-0.4, -0.2) is 25.2 Å². The molecular formula is C13H17ClN2O3. The molecule has 1 aromatic carbocycles. The molecule has 0 unspecified atom stereocenters. The van der Waals surface area contributed by atoms with Crippen molar-refractivity contribution in [2.24, 2.45) is 11.7 Å². The highest BCUT2D eigenvalue weighted by Crippen LogP contribution is 2.37. The van der Waals surface area contributed by atoms with Crippen molar-refractivity contribution in [1.29, 1.82) is 0 Å². The Morgan fingerprint density at radius 3 is 2.47 bits per heavy atom. The Balaban J connectivity index is 2.19. The predicted octanol–water partition coefficient (Wildman–Crippen LogP) is 2.03. The Labute approximate surface area is 117 Å². The molecule has 1 aliphatic rings. The summed E-state index contributed by atoms with van der Waals surface area (Å²) in [6.45, 7) is 4.74. The van der Waals surface area contributed by atoms with E-state index in [0.29, 0.717) is 35.4 Å². The number of halogens is 1. The van der Waals surface area contributed by atoms with Gasteiger partial charge in [0.05, 0.1) is 16.8 Å². The summed E-state index contributed by atoms with van der Waals surface area (Å²) in [6, 6.07) is 2.71. The zero-order valence-electron chi connectivity index (χ0n) is 10.9. The molecule has 104 valence electrons. The summed E-state index contributed by atoms with van der Waals surface area (Å²) < 4.78 is 10.8. The van der Waals surface area contributed by atoms with Crippen LogP contribution >= 0.6 is 11.6 Å². The second-order valence-corrected chi connectivity index (χ2v) is 5.14. The van der Waals surface area contributed by atoms with Gasteiger partial charge in [0.1, 0.15) is 13.2 Å². The molecule has 1 atom stereocenters. The van der Waals surface area contributed by atoms with Gasteiger partial charge in [0, 0.05) is 12.1 Å². The van der Waals surface area contributed by atoms with Gasteiger partial charge in [0.15, 0.2) is 11.5 Å². The van der Waals surface area contributed by atoms with Crippen molar-refractivity contribution in [2.75, 3.05) is 18.5 Å². The lowest BCUT2D eigenvalue weighted by molar-refractivity contribution is -0.118. The van der Waals surface area contributed by atoms with Crippen molar-refractivity contribution in [2.45, 2.75) is 19.9 Å². The molecule has 19 heavy (non-hydrogen) atoms. The van der Waals surface area contributed by atoms with Gasteiger partial charge in [0.2, 0.25) is 5.91 Å². The first-order chi connectivity index (χ1) is 8.99. The number of hydrogen-bond donors (Lipinski definition) is 2. The van der Waals surface area contributed by atoms with Gasteiger partial charge in [-0.1, -0.05) is 25.4 Å². The SMILES string of the molecule is CC(C)[C@H](N)C(=O)Nc1cc2c(cc1Cl)OCCO2. The van der Waals surface area contributed by atoms with Crippen molar-refractivity contribution in [3.63, 3.8) is 0 Å². The minimum absolute atomic E-state index is 0.0518. The Bertz CT molecular complexity index is 491. The van der Waals surface area contributed by atoms with Crippen LogP contribution in [-0.2, 0) is 4.79 Å². The Hall–Kier alpha value is -1.46. The Kier molecular flexibility index (Phi) is 4.17. The predicted molar refractivity (Wildman–Crippen MR) is 73.9 cm³/mol. The fourth-order valence-electron chi connectivity index (χ4n) is 1.68. The van der Waals surface area contributed by atoms with Crippen LogP contribution in [0.2, 0.25) is 5.02 Å². The van der Waals surface area contributed by atoms with Gasteiger partial charge in [-0.05, 0) is 5.92 Å². The number of benzene rings is 1. The molecule has 0 spiro atoms. The van der Waals surface area contributed by atoms with Crippen molar-refractivity contribution in [3.05, 3.63) is 17.2 Å². The molecule has 1 aromatic rings. The van der Waals surface area contributed by atoms with Crippen molar-refractivity contribution in [1.82, 2.24) is 0 Å². The maximum absolute atomic E-state index is 11.9. The average molecular weight is 285 g/mol. The lowest BCUT2D eigenvalue weighted by atomic mass is 10.0. The zero-order valence-corrected chi connectivity index (χ0v) is 11.7. The number of amides is 1. The molecule has 0 aromatic heterocycles. The van der Waals surface area contributed by atoms with Gasteiger partial charge < -0.3 is 20.5 Å². The standard InChI is InChI=1S/C13H17ClN2O3/c1-7(2)12(15)13(17)16-9-6-11-10(5-8(9)14)18-3-4-19-11/h5-7,12H,3-4,15H2,1-2H3,(H,16,17)/t12-/m0/s1. The molecule has 0 radical (unpaired) electrons. The van der Waals surface area contributed by atoms with Gasteiger partial charge >= 0.3 is 0 Å². The molecule has 0 aliphatic carbocycles. The highest BCUT2D eigenvalue weighted by molar-refractivity contribution is 6.34. The quantitative estimate of drug-likeness (QED) is 0.891. The van der Waals surface area contributed by atoms with Crippen LogP contribution in [0.1, 0.15) is 13.8 Å². The maximum Gasteiger partial charge on any atom is 0.241 e. The molecule has 5 nitrogen and oxygen atoms in total. The molecule has 0 saturated carbocycles. The normalized spacial score (nSPS) is 15.2. The lowest BCUT2D eigenvalue weighted by Crippen LogP contribution is -2.39. The van der Waals surface area contributed by atoms with Crippen molar-refractivity contribution >= 4 is 23.2 Å². The summed E-state index contributed by atoms with van der Waals surface area (Å²) in [7, 11) is 0. The highest BCUT2D eigenvalue weighted by atomic mass is 35.5. The number of hydrogen-bond acceptors (Lipinski definition) is 4. The van der Waals surface area contributed by atoms with Gasteiger partial charge in [-0.15, -0.1) is 0 Å². The first-order valence-electron chi connectivity index (χ1n) is 6.14. The number of carbonyl (C=O) groups is 1. The fourth-order valence-corrected chi connectivity index (χ4v) is 1.88. The number of nitrogens with one attached hydrogen (secondary N) is 1. The largest absolute Gasteiger partial charge is 0.486 e. The Morgan fingerprint density at radius 1 is 1.32 bits per heavy atom. The van der Waals surface area contributed by atoms with Crippen LogP contribution in [0.3, 0.4) is 0 Å². The maximum atomic E-state index is 11.9. The molecule has 0 fully saturated rings. The molecule has 1 heterocycles. The van der Waals surface area contributed by atoms with Crippen LogP contribution in [0, 0.1) is 5.92 Å². The molecule has 2 rings (SSSR count). The molecule has 3 N–H and O–H groups in total. The summed E-state index contributed by atoms with van der Waals surface area (Å²) in [5.41, 5.74) is 6.26. The van der Waals surface area contributed by atoms with Crippen LogP contribution in [0.15, 0.2) is 12.1 Å². The van der Waals surface area contributed by atoms with E-state index in [9.17, 15) is 4.79 Å². The van der Waals surface area contributed by atoms with E-state index in [1.165, 1.54) is 0 Å². The van der Waals surface area contributed by atoms with Crippen LogP contribution in [0.25, 0.3) is 0 Å². The van der Waals surface area contributed by atoms with Crippen molar-refractivity contribution in [3.8, 4) is 11.5 Å². The zero-order chi connectivity index (χ0) is 14.0. The van der Waals surface area contributed by atoms with Crippen LogP contribution in [0.4, 0.5) is 5.69 Å². The molecule has 1 aliphatic heterocycles. The monoisotopic (exact) mass is 284 g/mol. The Morgan fingerprint density at radius 2 is 1.89 bits per heavy atom. The van der Waals surface area contributed by atoms with E-state index in [1.54, 1.807) is 12.1 Å². The van der Waals surface area contributed by atoms with Crippen LogP contribution < -0.4 is 20.5 Å². The summed E-state index contributed by atoms with van der Waals surface area (Å²) in [4.78, 5) is 11.9. The summed E-state index contributed by atoms with van der Waals surface area (Å²) in [5.74, 6) is 0.941. The fraction of sp³-hybridized carbons (Fsp3) is 0.462. The van der Waals surface area contributed by atoms with E-state index in [4.69, 9.17) is 26.8 Å². The first kappa shape index (κ1) is 14.0. The minimum Gasteiger partial charge on any atom is -0.486 e. The molecule has 0 bridgehead atoms. The van der Waals surface area contributed by atoms with Gasteiger partial charge in [0.25, 0.3) is 0 Å². The van der Waals surface area contributed by atoms with Crippen molar-refractivity contribution < 1.29 is 14.3 Å². The van der Waals surface area contributed by atoms with E-state index >= 15 is 0 Å². The molecule has 6 heteroatoms. The number of nitrogens with two attached hydrogens (primary N) is 1. The van der Waals surface area contributed by atoms with Gasteiger partial charge in [-0.2, -0.15) is 0 Å². The third-order valence-corrected chi connectivity index (χ3v) is 3.22. The second-order valence-electron chi connectivity index (χ2n) is 4.73. The number of ether oxygens (including phenoxy) is 2. The number of rotatable bonds is 3. The van der Waals surface area contributed by atoms with Gasteiger partial charge in [-0.25, -0.2) is 0 Å². The number of anilines is 1. The van der Waals surface area contributed by atoms with E-state index in [1.807, 2.05) is 13.8 Å². The first-order valence-corrected chi connectivity index (χ1v) is 6.52. The third kappa shape index (κ3) is 3.11. The van der Waals surface area contributed by atoms with Crippen LogP contribution in [0.5, 0.6) is 11.5 Å². The number of fused-ring (bicyclic) bond motifs is 1. The van der Waals surface area contributed by atoms with Gasteiger partial charge in [-0.3, -0.25) is 4.79 Å². The third-order valence-electron chi connectivity index (χ3n) is 2.91. The smallest absolute Gasteiger partial charge is 0.241 e. The molecular weight excluding hydrogens is 268 g/mol. The number of carbonyl (C=O) groups excluding carboxylic acids is 1. The summed E-state index contributed by atoms with van der Waals surface area (Å²) >= 11 is 6.10. The average Bonchev–Trinajstić information content (AvgIpc) is 2.38. The van der Waals surface area contributed by atoms with E-state index in [-0.39, 0.29) is 11.8 Å². The lowest BCUT2D eigenvalue weighted by Gasteiger charge is -2.21. The second kappa shape index (κ2) is 5.67. The molecule has 0 saturated heterocycles. The topological polar surface area (TPSA) is 73.6 Å². The highest BCUT2D eigenvalue weighted by Gasteiger charge is 2.20. The summed E-state index contributed by atoms with van der Waals surface area (Å²) in [6.07, 6.45) is 0. The summed E-state index contributed by atoms with van der Waals surface area (Å²) in [5, 5.41) is 3.11.